The van der Waals surface area contributed by atoms with Gasteiger partial charge in [0.05, 0.1) is 19.8 Å². The topological polar surface area (TPSA) is 39.7 Å². The Morgan fingerprint density at radius 1 is 0.931 bits per heavy atom. The first-order valence-corrected chi connectivity index (χ1v) is 10.00. The van der Waals surface area contributed by atoms with Gasteiger partial charge >= 0.3 is 0 Å². The lowest BCUT2D eigenvalue weighted by molar-refractivity contribution is 0.300. The summed E-state index contributed by atoms with van der Waals surface area (Å²) in [6.07, 6.45) is 1.06. The van der Waals surface area contributed by atoms with E-state index in [4.69, 9.17) is 14.2 Å². The van der Waals surface area contributed by atoms with E-state index in [2.05, 4.69) is 48.6 Å². The van der Waals surface area contributed by atoms with Gasteiger partial charge in [0.1, 0.15) is 23.9 Å². The zero-order chi connectivity index (χ0) is 20.0. The molecule has 0 aromatic heterocycles. The number of methoxy groups -OCH3 is 2. The molecule has 5 rings (SSSR count). The van der Waals surface area contributed by atoms with Crippen molar-refractivity contribution < 1.29 is 14.2 Å². The molecule has 148 valence electrons. The van der Waals surface area contributed by atoms with Gasteiger partial charge in [0.2, 0.25) is 0 Å². The maximum absolute atomic E-state index is 6.32. The van der Waals surface area contributed by atoms with E-state index in [1.165, 1.54) is 27.8 Å². The monoisotopic (exact) mass is 387 g/mol. The highest BCUT2D eigenvalue weighted by molar-refractivity contribution is 5.75. The number of benzene rings is 3. The van der Waals surface area contributed by atoms with Crippen LogP contribution in [0.1, 0.15) is 33.4 Å². The van der Waals surface area contributed by atoms with Crippen molar-refractivity contribution in [2.45, 2.75) is 25.5 Å². The third-order valence-corrected chi connectivity index (χ3v) is 6.07. The van der Waals surface area contributed by atoms with Gasteiger partial charge in [0.15, 0.2) is 0 Å². The predicted octanol–water partition coefficient (Wildman–Crippen LogP) is 4.34. The SMILES string of the molecule is COc1cc(COc2ccc(C)c3c2C32NCCc3ccccc32)cc(OC)c1. The summed E-state index contributed by atoms with van der Waals surface area (Å²) in [5.74, 6) is 2.47. The molecule has 0 amide bonds. The molecule has 1 aliphatic carbocycles. The number of hydrogen-bond donors (Lipinski definition) is 1. The molecule has 0 fully saturated rings. The normalized spacial score (nSPS) is 18.7. The molecule has 0 bridgehead atoms. The number of hydrogen-bond acceptors (Lipinski definition) is 4. The van der Waals surface area contributed by atoms with E-state index in [0.717, 1.165) is 35.8 Å². The largest absolute Gasteiger partial charge is 0.497 e. The molecule has 29 heavy (non-hydrogen) atoms. The second kappa shape index (κ2) is 6.82. The molecular weight excluding hydrogens is 362 g/mol. The van der Waals surface area contributed by atoms with Crippen molar-refractivity contribution in [3.8, 4) is 17.2 Å². The van der Waals surface area contributed by atoms with Crippen LogP contribution < -0.4 is 19.5 Å². The van der Waals surface area contributed by atoms with E-state index in [9.17, 15) is 0 Å². The smallest absolute Gasteiger partial charge is 0.125 e. The summed E-state index contributed by atoms with van der Waals surface area (Å²) >= 11 is 0. The van der Waals surface area contributed by atoms with Crippen LogP contribution in [0.3, 0.4) is 0 Å². The molecule has 1 aliphatic heterocycles. The molecule has 2 aliphatic rings. The third-order valence-electron chi connectivity index (χ3n) is 6.07. The molecule has 3 aromatic carbocycles. The minimum absolute atomic E-state index is 0.191. The van der Waals surface area contributed by atoms with Gasteiger partial charge in [-0.3, -0.25) is 5.32 Å². The number of rotatable bonds is 5. The van der Waals surface area contributed by atoms with E-state index in [1.807, 2.05) is 18.2 Å². The van der Waals surface area contributed by atoms with E-state index in [0.29, 0.717) is 6.61 Å². The fraction of sp³-hybridized carbons (Fsp3) is 0.280. The standard InChI is InChI=1S/C25H25NO3/c1-16-8-9-22(29-15-17-12-19(27-2)14-20(13-17)28-3)24-23(16)25(24)21-7-5-4-6-18(21)10-11-26-25/h4-9,12-14,26H,10-11,15H2,1-3H3. The lowest BCUT2D eigenvalue weighted by Crippen LogP contribution is -2.38. The number of nitrogens with one attached hydrogen (secondary N) is 1. The van der Waals surface area contributed by atoms with Crippen LogP contribution in [0.4, 0.5) is 0 Å². The molecule has 0 radical (unpaired) electrons. The number of ether oxygens (including phenoxy) is 3. The Hall–Kier alpha value is -2.98. The van der Waals surface area contributed by atoms with Gasteiger partial charge in [-0.2, -0.15) is 0 Å². The summed E-state index contributed by atoms with van der Waals surface area (Å²) in [5.41, 5.74) is 7.56. The van der Waals surface area contributed by atoms with E-state index in [-0.39, 0.29) is 5.54 Å². The van der Waals surface area contributed by atoms with E-state index in [1.54, 1.807) is 14.2 Å². The van der Waals surface area contributed by atoms with Gasteiger partial charge in [0.25, 0.3) is 0 Å². The Morgan fingerprint density at radius 2 is 1.69 bits per heavy atom. The van der Waals surface area contributed by atoms with Crippen LogP contribution in [0.15, 0.2) is 54.6 Å². The highest BCUT2D eigenvalue weighted by Gasteiger charge is 2.57. The van der Waals surface area contributed by atoms with Crippen molar-refractivity contribution in [2.75, 3.05) is 20.8 Å². The molecule has 0 saturated heterocycles. The van der Waals surface area contributed by atoms with Crippen LogP contribution >= 0.6 is 0 Å². The molecule has 0 saturated carbocycles. The lowest BCUT2D eigenvalue weighted by Gasteiger charge is -2.28. The summed E-state index contributed by atoms with van der Waals surface area (Å²) in [6.45, 7) is 3.61. The van der Waals surface area contributed by atoms with Crippen LogP contribution in [0.5, 0.6) is 17.2 Å². The predicted molar refractivity (Wildman–Crippen MR) is 113 cm³/mol. The average Bonchev–Trinajstić information content (AvgIpc) is 3.43. The molecule has 4 heteroatoms. The van der Waals surface area contributed by atoms with E-state index < -0.39 is 0 Å². The summed E-state index contributed by atoms with van der Waals surface area (Å²) in [5, 5.41) is 3.79. The van der Waals surface area contributed by atoms with Crippen LogP contribution in [0.25, 0.3) is 0 Å². The van der Waals surface area contributed by atoms with Gasteiger partial charge in [-0.15, -0.1) is 0 Å². The minimum Gasteiger partial charge on any atom is -0.497 e. The fourth-order valence-electron chi connectivity index (χ4n) is 4.71. The van der Waals surface area contributed by atoms with Crippen molar-refractivity contribution in [1.82, 2.24) is 5.32 Å². The molecule has 1 heterocycles. The van der Waals surface area contributed by atoms with Gasteiger partial charge in [0, 0.05) is 18.2 Å². The Labute approximate surface area is 171 Å². The number of fused-ring (bicyclic) bond motifs is 5. The molecule has 1 unspecified atom stereocenters. The highest BCUT2D eigenvalue weighted by Crippen LogP contribution is 2.60. The molecule has 1 atom stereocenters. The van der Waals surface area contributed by atoms with Crippen molar-refractivity contribution in [3.63, 3.8) is 0 Å². The summed E-state index contributed by atoms with van der Waals surface area (Å²) < 4.78 is 17.1. The Bertz CT molecular complexity index is 1070. The quantitative estimate of drug-likeness (QED) is 0.707. The Morgan fingerprint density at radius 3 is 2.45 bits per heavy atom. The van der Waals surface area contributed by atoms with Crippen LogP contribution in [-0.4, -0.2) is 20.8 Å². The maximum Gasteiger partial charge on any atom is 0.125 e. The van der Waals surface area contributed by atoms with Gasteiger partial charge in [-0.05, 0) is 59.4 Å². The second-order valence-electron chi connectivity index (χ2n) is 7.72. The second-order valence-corrected chi connectivity index (χ2v) is 7.72. The van der Waals surface area contributed by atoms with Crippen LogP contribution in [0.2, 0.25) is 0 Å². The minimum atomic E-state index is -0.191. The average molecular weight is 387 g/mol. The maximum atomic E-state index is 6.32. The highest BCUT2D eigenvalue weighted by atomic mass is 16.5. The lowest BCUT2D eigenvalue weighted by atomic mass is 9.89. The van der Waals surface area contributed by atoms with Crippen molar-refractivity contribution in [3.05, 3.63) is 88.0 Å². The summed E-state index contributed by atoms with van der Waals surface area (Å²) in [4.78, 5) is 0. The first-order valence-electron chi connectivity index (χ1n) is 10.00. The van der Waals surface area contributed by atoms with Gasteiger partial charge in [-0.1, -0.05) is 30.3 Å². The molecule has 3 aromatic rings. The first kappa shape index (κ1) is 18.1. The molecule has 1 N–H and O–H groups in total. The van der Waals surface area contributed by atoms with Crippen molar-refractivity contribution in [2.24, 2.45) is 0 Å². The fourth-order valence-corrected chi connectivity index (χ4v) is 4.71. The molecular formula is C25H25NO3. The summed E-state index contributed by atoms with van der Waals surface area (Å²) in [7, 11) is 3.32. The molecule has 4 nitrogen and oxygen atoms in total. The third kappa shape index (κ3) is 2.78. The van der Waals surface area contributed by atoms with E-state index >= 15 is 0 Å². The van der Waals surface area contributed by atoms with Gasteiger partial charge in [-0.25, -0.2) is 0 Å². The summed E-state index contributed by atoms with van der Waals surface area (Å²) in [6, 6.07) is 18.9. The first-order chi connectivity index (χ1) is 14.2. The van der Waals surface area contributed by atoms with Gasteiger partial charge < -0.3 is 14.2 Å². The van der Waals surface area contributed by atoms with Crippen LogP contribution in [0, 0.1) is 6.92 Å². The number of aryl methyl sites for hydroxylation is 1. The van der Waals surface area contributed by atoms with Crippen molar-refractivity contribution >= 4 is 0 Å². The Kier molecular flexibility index (Phi) is 4.25. The zero-order valence-electron chi connectivity index (χ0n) is 17.0. The zero-order valence-corrected chi connectivity index (χ0v) is 17.0. The van der Waals surface area contributed by atoms with Crippen molar-refractivity contribution in [1.29, 1.82) is 0 Å². The van der Waals surface area contributed by atoms with Crippen LogP contribution in [-0.2, 0) is 18.6 Å². The Balaban J connectivity index is 1.48. The molecule has 1 spiro atoms.